The van der Waals surface area contributed by atoms with Gasteiger partial charge in [0.05, 0.1) is 0 Å². The van der Waals surface area contributed by atoms with Crippen molar-refractivity contribution in [3.63, 3.8) is 0 Å². The molecule has 0 saturated heterocycles. The monoisotopic (exact) mass is 272 g/mol. The van der Waals surface area contributed by atoms with E-state index in [1.165, 1.54) is 76.2 Å². The summed E-state index contributed by atoms with van der Waals surface area (Å²) < 4.78 is 0. The average molecular weight is 272 g/mol. The molecule has 0 spiro atoms. The first-order valence-corrected chi connectivity index (χ1v) is 8.92. The van der Waals surface area contributed by atoms with Crippen LogP contribution in [0.2, 0.25) is 0 Å². The second kappa shape index (κ2) is 9.21. The first-order chi connectivity index (χ1) is 9.88. The van der Waals surface area contributed by atoms with E-state index < -0.39 is 0 Å². The topological polar surface area (TPSA) is 0 Å². The summed E-state index contributed by atoms with van der Waals surface area (Å²) in [5.41, 5.74) is 1.52. The van der Waals surface area contributed by atoms with E-state index >= 15 is 0 Å². The van der Waals surface area contributed by atoms with Crippen LogP contribution in [0.3, 0.4) is 0 Å². The Bertz CT molecular complexity index is 332. The van der Waals surface area contributed by atoms with E-state index in [1.807, 2.05) is 0 Å². The van der Waals surface area contributed by atoms with Crippen LogP contribution in [0.5, 0.6) is 0 Å². The zero-order valence-electron chi connectivity index (χ0n) is 13.3. The molecule has 0 unspecified atom stereocenters. The Labute approximate surface area is 126 Å². The van der Waals surface area contributed by atoms with Crippen molar-refractivity contribution in [2.45, 2.75) is 77.6 Å². The van der Waals surface area contributed by atoms with Crippen molar-refractivity contribution in [3.8, 4) is 0 Å². The van der Waals surface area contributed by atoms with Gasteiger partial charge in [0.15, 0.2) is 0 Å². The highest BCUT2D eigenvalue weighted by atomic mass is 14.3. The van der Waals surface area contributed by atoms with Gasteiger partial charge in [0, 0.05) is 0 Å². The smallest absolute Gasteiger partial charge is 0.0276 e. The maximum atomic E-state index is 2.30. The van der Waals surface area contributed by atoms with E-state index in [2.05, 4.69) is 37.3 Å². The molecule has 0 bridgehead atoms. The van der Waals surface area contributed by atoms with Gasteiger partial charge in [0.2, 0.25) is 0 Å². The van der Waals surface area contributed by atoms with E-state index in [4.69, 9.17) is 0 Å². The van der Waals surface area contributed by atoms with Crippen molar-refractivity contribution in [1.29, 1.82) is 0 Å². The molecule has 0 heterocycles. The Morgan fingerprint density at radius 3 is 2.10 bits per heavy atom. The van der Waals surface area contributed by atoms with Gasteiger partial charge in [-0.2, -0.15) is 0 Å². The van der Waals surface area contributed by atoms with Gasteiger partial charge in [0.25, 0.3) is 0 Å². The second-order valence-electron chi connectivity index (χ2n) is 6.76. The predicted octanol–water partition coefficient (Wildman–Crippen LogP) is 6.40. The summed E-state index contributed by atoms with van der Waals surface area (Å²) >= 11 is 0. The Balaban J connectivity index is 1.57. The van der Waals surface area contributed by atoms with Gasteiger partial charge < -0.3 is 0 Å². The normalized spacial score (nSPS) is 22.9. The predicted molar refractivity (Wildman–Crippen MR) is 89.0 cm³/mol. The van der Waals surface area contributed by atoms with Crippen LogP contribution in [0.15, 0.2) is 30.3 Å². The summed E-state index contributed by atoms with van der Waals surface area (Å²) in [6.45, 7) is 2.30. The molecular formula is C20H32. The van der Waals surface area contributed by atoms with Crippen molar-refractivity contribution < 1.29 is 0 Å². The lowest BCUT2D eigenvalue weighted by atomic mass is 9.78. The Hall–Kier alpha value is -0.780. The molecule has 20 heavy (non-hydrogen) atoms. The summed E-state index contributed by atoms with van der Waals surface area (Å²) in [7, 11) is 0. The van der Waals surface area contributed by atoms with Gasteiger partial charge in [-0.05, 0) is 30.2 Å². The van der Waals surface area contributed by atoms with Crippen molar-refractivity contribution in [2.75, 3.05) is 0 Å². The highest BCUT2D eigenvalue weighted by molar-refractivity contribution is 5.14. The maximum Gasteiger partial charge on any atom is -0.0276 e. The fraction of sp³-hybridized carbons (Fsp3) is 0.700. The number of hydrogen-bond donors (Lipinski definition) is 0. The third-order valence-electron chi connectivity index (χ3n) is 5.12. The molecule has 0 aromatic heterocycles. The average Bonchev–Trinajstić information content (AvgIpc) is 2.52. The van der Waals surface area contributed by atoms with Crippen LogP contribution in [-0.4, -0.2) is 0 Å². The summed E-state index contributed by atoms with van der Waals surface area (Å²) in [4.78, 5) is 0. The van der Waals surface area contributed by atoms with Crippen LogP contribution in [0, 0.1) is 11.8 Å². The van der Waals surface area contributed by atoms with Crippen molar-refractivity contribution >= 4 is 0 Å². The molecule has 1 saturated carbocycles. The molecular weight excluding hydrogens is 240 g/mol. The van der Waals surface area contributed by atoms with Gasteiger partial charge in [-0.3, -0.25) is 0 Å². The largest absolute Gasteiger partial charge is 0.0654 e. The number of rotatable bonds is 8. The zero-order valence-corrected chi connectivity index (χ0v) is 13.3. The van der Waals surface area contributed by atoms with Gasteiger partial charge in [0.1, 0.15) is 0 Å². The molecule has 0 N–H and O–H groups in total. The van der Waals surface area contributed by atoms with Gasteiger partial charge >= 0.3 is 0 Å². The van der Waals surface area contributed by atoms with Crippen LogP contribution >= 0.6 is 0 Å². The lowest BCUT2D eigenvalue weighted by Gasteiger charge is -2.28. The Morgan fingerprint density at radius 1 is 0.800 bits per heavy atom. The highest BCUT2D eigenvalue weighted by Crippen LogP contribution is 2.34. The molecule has 0 nitrogen and oxygen atoms in total. The van der Waals surface area contributed by atoms with Crippen LogP contribution in [-0.2, 0) is 6.42 Å². The molecule has 0 atom stereocenters. The van der Waals surface area contributed by atoms with Crippen LogP contribution in [0.4, 0.5) is 0 Å². The second-order valence-corrected chi connectivity index (χ2v) is 6.76. The molecule has 1 aromatic rings. The number of aryl methyl sites for hydroxylation is 1. The lowest BCUT2D eigenvalue weighted by molar-refractivity contribution is 0.249. The summed E-state index contributed by atoms with van der Waals surface area (Å²) in [5.74, 6) is 2.06. The molecule has 1 fully saturated rings. The molecule has 112 valence electrons. The standard InChI is InChI=1S/C20H32/c1-2-3-4-6-11-19-13-16-20(17-14-19)15-12-18-9-7-5-8-10-18/h5,7-10,19-20H,2-4,6,11-17H2,1H3. The third-order valence-corrected chi connectivity index (χ3v) is 5.12. The van der Waals surface area contributed by atoms with E-state index in [-0.39, 0.29) is 0 Å². The van der Waals surface area contributed by atoms with Crippen molar-refractivity contribution in [1.82, 2.24) is 0 Å². The van der Waals surface area contributed by atoms with E-state index in [1.54, 1.807) is 0 Å². The molecule has 1 aromatic carbocycles. The minimum atomic E-state index is 1.00. The Morgan fingerprint density at radius 2 is 1.45 bits per heavy atom. The molecule has 1 aliphatic rings. The number of benzene rings is 1. The van der Waals surface area contributed by atoms with Crippen molar-refractivity contribution in [3.05, 3.63) is 35.9 Å². The van der Waals surface area contributed by atoms with Crippen LogP contribution in [0.1, 0.15) is 76.7 Å². The SMILES string of the molecule is CCCCCCC1CCC(CCc2ccccc2)CC1. The minimum Gasteiger partial charge on any atom is -0.0654 e. The van der Waals surface area contributed by atoms with E-state index in [0.717, 1.165) is 11.8 Å². The summed E-state index contributed by atoms with van der Waals surface area (Å²) in [6.07, 6.45) is 15.9. The molecule has 2 rings (SSSR count). The molecule has 0 heteroatoms. The van der Waals surface area contributed by atoms with Crippen molar-refractivity contribution in [2.24, 2.45) is 11.8 Å². The minimum absolute atomic E-state index is 1.00. The third kappa shape index (κ3) is 5.69. The molecule has 0 amide bonds. The fourth-order valence-corrected chi connectivity index (χ4v) is 3.68. The molecule has 0 radical (unpaired) electrons. The first kappa shape index (κ1) is 15.6. The molecule has 1 aliphatic carbocycles. The zero-order chi connectivity index (χ0) is 14.0. The lowest BCUT2D eigenvalue weighted by Crippen LogP contribution is -2.15. The highest BCUT2D eigenvalue weighted by Gasteiger charge is 2.20. The first-order valence-electron chi connectivity index (χ1n) is 8.92. The van der Waals surface area contributed by atoms with Gasteiger partial charge in [-0.25, -0.2) is 0 Å². The van der Waals surface area contributed by atoms with Gasteiger partial charge in [-0.15, -0.1) is 0 Å². The maximum absolute atomic E-state index is 2.30. The van der Waals surface area contributed by atoms with Crippen LogP contribution < -0.4 is 0 Å². The Kier molecular flexibility index (Phi) is 7.19. The van der Waals surface area contributed by atoms with Gasteiger partial charge in [-0.1, -0.05) is 95.0 Å². The number of unbranched alkanes of at least 4 members (excludes halogenated alkanes) is 3. The summed E-state index contributed by atoms with van der Waals surface area (Å²) in [6, 6.07) is 11.0. The number of hydrogen-bond acceptors (Lipinski definition) is 0. The van der Waals surface area contributed by atoms with E-state index in [9.17, 15) is 0 Å². The van der Waals surface area contributed by atoms with Crippen LogP contribution in [0.25, 0.3) is 0 Å². The van der Waals surface area contributed by atoms with E-state index in [0.29, 0.717) is 0 Å². The molecule has 0 aliphatic heterocycles. The fourth-order valence-electron chi connectivity index (χ4n) is 3.68. The quantitative estimate of drug-likeness (QED) is 0.481. The summed E-state index contributed by atoms with van der Waals surface area (Å²) in [5, 5.41) is 0.